The molecule has 2 nitrogen and oxygen atoms in total. The Balaban J connectivity index is 1.97. The van der Waals surface area contributed by atoms with Crippen LogP contribution in [-0.2, 0) is 4.74 Å². The van der Waals surface area contributed by atoms with Gasteiger partial charge in [0.1, 0.15) is 0 Å². The van der Waals surface area contributed by atoms with Gasteiger partial charge in [-0.25, -0.2) is 0 Å². The second-order valence-electron chi connectivity index (χ2n) is 6.79. The first kappa shape index (κ1) is 17.2. The topological polar surface area (TPSA) is 12.5 Å². The van der Waals surface area contributed by atoms with E-state index in [9.17, 15) is 0 Å². The molecule has 0 spiro atoms. The van der Waals surface area contributed by atoms with E-state index in [2.05, 4.69) is 72.5 Å². The first-order valence-electron chi connectivity index (χ1n) is 9.19. The van der Waals surface area contributed by atoms with Crippen molar-refractivity contribution in [3.05, 3.63) is 71.8 Å². The van der Waals surface area contributed by atoms with Gasteiger partial charge in [0.25, 0.3) is 0 Å². The Labute approximate surface area is 146 Å². The minimum atomic E-state index is 0.316. The van der Waals surface area contributed by atoms with Gasteiger partial charge in [0.05, 0.1) is 12.6 Å². The Morgan fingerprint density at radius 2 is 1.71 bits per heavy atom. The van der Waals surface area contributed by atoms with Crippen molar-refractivity contribution in [2.75, 3.05) is 20.3 Å². The van der Waals surface area contributed by atoms with Crippen LogP contribution in [0.3, 0.4) is 0 Å². The molecule has 2 heteroatoms. The summed E-state index contributed by atoms with van der Waals surface area (Å²) >= 11 is 0. The molecule has 0 radical (unpaired) electrons. The highest BCUT2D eigenvalue weighted by molar-refractivity contribution is 5.24. The van der Waals surface area contributed by atoms with Crippen molar-refractivity contribution in [2.45, 2.75) is 38.3 Å². The van der Waals surface area contributed by atoms with Gasteiger partial charge in [-0.15, -0.1) is 0 Å². The van der Waals surface area contributed by atoms with Gasteiger partial charge in [0.2, 0.25) is 0 Å². The molecule has 0 aliphatic carbocycles. The molecule has 1 aliphatic rings. The molecule has 128 valence electrons. The molecule has 1 aliphatic heterocycles. The lowest BCUT2D eigenvalue weighted by Crippen LogP contribution is -2.42. The van der Waals surface area contributed by atoms with Crippen LogP contribution in [0.4, 0.5) is 0 Å². The highest BCUT2D eigenvalue weighted by atomic mass is 16.5. The summed E-state index contributed by atoms with van der Waals surface area (Å²) < 4.78 is 5.62. The lowest BCUT2D eigenvalue weighted by Gasteiger charge is -2.45. The van der Waals surface area contributed by atoms with Gasteiger partial charge in [-0.1, -0.05) is 74.0 Å². The molecule has 1 saturated heterocycles. The molecule has 3 rings (SSSR count). The average Bonchev–Trinajstić information content (AvgIpc) is 2.67. The Morgan fingerprint density at radius 3 is 2.33 bits per heavy atom. The van der Waals surface area contributed by atoms with Gasteiger partial charge in [-0.2, -0.15) is 0 Å². The van der Waals surface area contributed by atoms with Crippen molar-refractivity contribution in [1.29, 1.82) is 0 Å². The van der Waals surface area contributed by atoms with Crippen LogP contribution >= 0.6 is 0 Å². The molecular formula is C22H29NO. The van der Waals surface area contributed by atoms with E-state index < -0.39 is 0 Å². The molecule has 1 heterocycles. The summed E-state index contributed by atoms with van der Waals surface area (Å²) in [5.41, 5.74) is 2.80. The van der Waals surface area contributed by atoms with Crippen LogP contribution in [0.2, 0.25) is 0 Å². The maximum Gasteiger partial charge on any atom is 0.0660 e. The lowest BCUT2D eigenvalue weighted by atomic mass is 9.81. The molecule has 2 aromatic rings. The second kappa shape index (κ2) is 8.46. The molecule has 0 amide bonds. The zero-order chi connectivity index (χ0) is 16.8. The molecule has 0 saturated carbocycles. The summed E-state index contributed by atoms with van der Waals surface area (Å²) in [6, 6.07) is 22.7. The predicted molar refractivity (Wildman–Crippen MR) is 100.0 cm³/mol. The molecule has 2 aromatic carbocycles. The highest BCUT2D eigenvalue weighted by Crippen LogP contribution is 2.42. The first-order valence-corrected chi connectivity index (χ1v) is 9.19. The van der Waals surface area contributed by atoms with Crippen LogP contribution in [-0.4, -0.2) is 25.2 Å². The number of benzene rings is 2. The van der Waals surface area contributed by atoms with Gasteiger partial charge in [0, 0.05) is 13.2 Å². The van der Waals surface area contributed by atoms with Crippen molar-refractivity contribution in [2.24, 2.45) is 5.92 Å². The number of nitrogens with zero attached hydrogens (tertiary/aromatic N) is 1. The first-order chi connectivity index (χ1) is 11.8. The molecular weight excluding hydrogens is 294 g/mol. The molecule has 0 N–H and O–H groups in total. The minimum absolute atomic E-state index is 0.316. The van der Waals surface area contributed by atoms with E-state index in [1.165, 1.54) is 30.4 Å². The summed E-state index contributed by atoms with van der Waals surface area (Å²) in [5.74, 6) is 0.712. The number of ether oxygens (including phenoxy) is 1. The summed E-state index contributed by atoms with van der Waals surface area (Å²) in [6.07, 6.45) is 3.82. The Morgan fingerprint density at radius 1 is 1.04 bits per heavy atom. The molecule has 3 atom stereocenters. The van der Waals surface area contributed by atoms with Crippen molar-refractivity contribution < 1.29 is 4.74 Å². The number of hydrogen-bond donors (Lipinski definition) is 0. The molecule has 0 unspecified atom stereocenters. The zero-order valence-electron chi connectivity index (χ0n) is 14.9. The van der Waals surface area contributed by atoms with E-state index >= 15 is 0 Å². The van der Waals surface area contributed by atoms with Gasteiger partial charge in [0.15, 0.2) is 0 Å². The van der Waals surface area contributed by atoms with E-state index in [1.54, 1.807) is 0 Å². The predicted octanol–water partition coefficient (Wildman–Crippen LogP) is 5.24. The number of hydrogen-bond acceptors (Lipinski definition) is 2. The third kappa shape index (κ3) is 3.71. The largest absolute Gasteiger partial charge is 0.383 e. The number of rotatable bonds is 6. The summed E-state index contributed by atoms with van der Waals surface area (Å²) in [6.45, 7) is 4.21. The second-order valence-corrected chi connectivity index (χ2v) is 6.79. The monoisotopic (exact) mass is 323 g/mol. The van der Waals surface area contributed by atoms with Crippen LogP contribution in [0.15, 0.2) is 60.7 Å². The van der Waals surface area contributed by atoms with E-state index in [1.807, 2.05) is 7.11 Å². The third-order valence-electron chi connectivity index (χ3n) is 5.37. The Hall–Kier alpha value is -1.64. The molecule has 0 bridgehead atoms. The number of piperidine rings is 1. The number of likely N-dealkylation sites (tertiary alicyclic amines) is 1. The standard InChI is InChI=1S/C22H29NO/c1-3-18-15-10-16-23(22(18)20-13-8-5-9-14-20)21(17-24-2)19-11-6-4-7-12-19/h4-9,11-14,18,21-22H,3,10,15-17H2,1-2H3/t18-,21+,22-/m1/s1. The van der Waals surface area contributed by atoms with Crippen molar-refractivity contribution in [3.8, 4) is 0 Å². The molecule has 0 aromatic heterocycles. The maximum absolute atomic E-state index is 5.62. The van der Waals surface area contributed by atoms with E-state index in [4.69, 9.17) is 4.74 Å². The van der Waals surface area contributed by atoms with Crippen LogP contribution in [0, 0.1) is 5.92 Å². The Bertz CT molecular complexity index is 598. The van der Waals surface area contributed by atoms with Crippen molar-refractivity contribution in [1.82, 2.24) is 4.90 Å². The molecule has 1 fully saturated rings. The fourth-order valence-corrected chi connectivity index (χ4v) is 4.21. The summed E-state index contributed by atoms with van der Waals surface area (Å²) in [4.78, 5) is 2.69. The van der Waals surface area contributed by atoms with Crippen molar-refractivity contribution >= 4 is 0 Å². The fraction of sp³-hybridized carbons (Fsp3) is 0.455. The van der Waals surface area contributed by atoms with E-state index in [0.717, 1.165) is 13.2 Å². The fourth-order valence-electron chi connectivity index (χ4n) is 4.21. The van der Waals surface area contributed by atoms with Crippen LogP contribution in [0.5, 0.6) is 0 Å². The summed E-state index contributed by atoms with van der Waals surface area (Å²) in [7, 11) is 1.81. The van der Waals surface area contributed by atoms with Crippen molar-refractivity contribution in [3.63, 3.8) is 0 Å². The van der Waals surface area contributed by atoms with Gasteiger partial charge in [-0.3, -0.25) is 4.90 Å². The SMILES string of the molecule is CC[C@@H]1CCCN([C@@H](COC)c2ccccc2)[C@H]1c1ccccc1. The van der Waals surface area contributed by atoms with Crippen LogP contribution < -0.4 is 0 Å². The minimum Gasteiger partial charge on any atom is -0.383 e. The molecule has 24 heavy (non-hydrogen) atoms. The smallest absolute Gasteiger partial charge is 0.0660 e. The van der Waals surface area contributed by atoms with Gasteiger partial charge in [-0.05, 0) is 36.4 Å². The van der Waals surface area contributed by atoms with E-state index in [0.29, 0.717) is 18.0 Å². The lowest BCUT2D eigenvalue weighted by molar-refractivity contribution is 0.00994. The number of methoxy groups -OCH3 is 1. The van der Waals surface area contributed by atoms with Crippen LogP contribution in [0.1, 0.15) is 49.4 Å². The van der Waals surface area contributed by atoms with Gasteiger partial charge >= 0.3 is 0 Å². The zero-order valence-corrected chi connectivity index (χ0v) is 14.9. The normalized spacial score (nSPS) is 23.1. The summed E-state index contributed by atoms with van der Waals surface area (Å²) in [5, 5.41) is 0. The van der Waals surface area contributed by atoms with Gasteiger partial charge < -0.3 is 4.74 Å². The quantitative estimate of drug-likeness (QED) is 0.721. The Kier molecular flexibility index (Phi) is 6.06. The van der Waals surface area contributed by atoms with E-state index in [-0.39, 0.29) is 0 Å². The van der Waals surface area contributed by atoms with Crippen LogP contribution in [0.25, 0.3) is 0 Å². The highest BCUT2D eigenvalue weighted by Gasteiger charge is 2.36. The maximum atomic E-state index is 5.62. The average molecular weight is 323 g/mol. The third-order valence-corrected chi connectivity index (χ3v) is 5.37.